The molecular weight excluding hydrogens is 512 g/mol. The van der Waals surface area contributed by atoms with Gasteiger partial charge in [-0.3, -0.25) is 9.48 Å². The van der Waals surface area contributed by atoms with Crippen molar-refractivity contribution in [3.05, 3.63) is 54.6 Å². The largest absolute Gasteiger partial charge is 0.494 e. The van der Waals surface area contributed by atoms with E-state index in [4.69, 9.17) is 19.9 Å². The number of carbonyl (C=O) groups excluding carboxylic acids is 1. The smallest absolute Gasteiger partial charge is 0.246 e. The summed E-state index contributed by atoms with van der Waals surface area (Å²) in [5.41, 5.74) is 7.74. The highest BCUT2D eigenvalue weighted by molar-refractivity contribution is 6.01. The average molecular weight is 540 g/mol. The number of halogens is 2. The fourth-order valence-corrected chi connectivity index (χ4v) is 4.74. The van der Waals surface area contributed by atoms with Gasteiger partial charge in [-0.25, -0.2) is 18.7 Å². The van der Waals surface area contributed by atoms with E-state index in [1.165, 1.54) is 20.3 Å². The maximum atomic E-state index is 15.0. The SMILES string of the molecule is C=CC(=O)N1CCC(n2nc(OCc3c(F)c(OC)cc(OC)c3F)c3c(N)ncc(-c4cn(C)cn4)c32)C1. The van der Waals surface area contributed by atoms with Crippen LogP contribution in [-0.2, 0) is 18.4 Å². The van der Waals surface area contributed by atoms with Crippen molar-refractivity contribution in [3.8, 4) is 28.6 Å². The molecule has 1 atom stereocenters. The molecule has 204 valence electrons. The zero-order chi connectivity index (χ0) is 27.8. The Bertz CT molecular complexity index is 1550. The zero-order valence-corrected chi connectivity index (χ0v) is 21.6. The van der Waals surface area contributed by atoms with Crippen molar-refractivity contribution in [3.63, 3.8) is 0 Å². The lowest BCUT2D eigenvalue weighted by molar-refractivity contribution is -0.125. The van der Waals surface area contributed by atoms with Gasteiger partial charge in [0.05, 0.1) is 43.4 Å². The highest BCUT2D eigenvalue weighted by Crippen LogP contribution is 2.40. The Hall–Kier alpha value is -4.68. The lowest BCUT2D eigenvalue weighted by Crippen LogP contribution is -2.27. The van der Waals surface area contributed by atoms with Gasteiger partial charge in [0.25, 0.3) is 0 Å². The Morgan fingerprint density at radius 3 is 2.56 bits per heavy atom. The summed E-state index contributed by atoms with van der Waals surface area (Å²) in [7, 11) is 4.37. The van der Waals surface area contributed by atoms with E-state index in [2.05, 4.69) is 21.6 Å². The van der Waals surface area contributed by atoms with E-state index in [9.17, 15) is 4.79 Å². The van der Waals surface area contributed by atoms with Crippen LogP contribution in [-0.4, -0.2) is 62.4 Å². The molecule has 0 bridgehead atoms. The second-order valence-corrected chi connectivity index (χ2v) is 9.06. The molecule has 1 amide bonds. The predicted molar refractivity (Wildman–Crippen MR) is 138 cm³/mol. The van der Waals surface area contributed by atoms with Crippen LogP contribution in [0.2, 0.25) is 0 Å². The van der Waals surface area contributed by atoms with Crippen molar-refractivity contribution in [1.82, 2.24) is 29.2 Å². The topological polar surface area (TPSA) is 123 Å². The molecular formula is C26H27F2N7O4. The third-order valence-electron chi connectivity index (χ3n) is 6.72. The number of pyridine rings is 1. The standard InChI is InChI=1S/C26H27F2N7O4/c1-5-20(36)34-7-6-14(10-34)35-24-15(17-11-33(2)13-31-17)9-30-25(29)21(24)26(32-35)39-12-16-22(27)18(37-3)8-19(38-4)23(16)28/h5,8-9,11,13-14H,1,6-7,10,12H2,2-4H3,(H2,29,30). The van der Waals surface area contributed by atoms with Crippen molar-refractivity contribution in [2.24, 2.45) is 7.05 Å². The van der Waals surface area contributed by atoms with E-state index in [-0.39, 0.29) is 35.1 Å². The Labute approximate surface area is 222 Å². The molecule has 2 N–H and O–H groups in total. The molecule has 1 aliphatic rings. The van der Waals surface area contributed by atoms with Crippen molar-refractivity contribution in [1.29, 1.82) is 0 Å². The number of rotatable bonds is 8. The Morgan fingerprint density at radius 2 is 1.95 bits per heavy atom. The fourth-order valence-electron chi connectivity index (χ4n) is 4.74. The number of carbonyl (C=O) groups is 1. The van der Waals surface area contributed by atoms with Crippen LogP contribution in [0, 0.1) is 11.6 Å². The molecule has 1 saturated heterocycles. The number of hydrogen-bond donors (Lipinski definition) is 1. The van der Waals surface area contributed by atoms with Crippen molar-refractivity contribution in [2.75, 3.05) is 33.0 Å². The molecule has 0 radical (unpaired) electrons. The quantitative estimate of drug-likeness (QED) is 0.339. The van der Waals surface area contributed by atoms with E-state index >= 15 is 8.78 Å². The van der Waals surface area contributed by atoms with Gasteiger partial charge >= 0.3 is 0 Å². The second kappa shape index (κ2) is 10.2. The number of nitrogens with two attached hydrogens (primary N) is 1. The Balaban J connectivity index is 1.62. The highest BCUT2D eigenvalue weighted by atomic mass is 19.1. The maximum absolute atomic E-state index is 15.0. The summed E-state index contributed by atoms with van der Waals surface area (Å²) >= 11 is 0. The van der Waals surface area contributed by atoms with Crippen LogP contribution < -0.4 is 19.9 Å². The number of likely N-dealkylation sites (tertiary alicyclic amines) is 1. The zero-order valence-electron chi connectivity index (χ0n) is 21.6. The van der Waals surface area contributed by atoms with Crippen LogP contribution in [0.15, 0.2) is 37.4 Å². The molecule has 1 unspecified atom stereocenters. The van der Waals surface area contributed by atoms with Gasteiger partial charge < -0.3 is 29.4 Å². The molecule has 5 rings (SSSR count). The lowest BCUT2D eigenvalue weighted by Gasteiger charge is -2.16. The minimum atomic E-state index is -0.922. The van der Waals surface area contributed by atoms with Crippen LogP contribution in [0.4, 0.5) is 14.6 Å². The number of benzene rings is 1. The summed E-state index contributed by atoms with van der Waals surface area (Å²) < 4.78 is 49.5. The Kier molecular flexibility index (Phi) is 6.81. The van der Waals surface area contributed by atoms with E-state index in [1.54, 1.807) is 26.7 Å². The number of imidazole rings is 1. The van der Waals surface area contributed by atoms with E-state index in [0.717, 1.165) is 6.07 Å². The minimum Gasteiger partial charge on any atom is -0.494 e. The first-order valence-electron chi connectivity index (χ1n) is 12.0. The number of hydrogen-bond acceptors (Lipinski definition) is 8. The molecule has 1 fully saturated rings. The van der Waals surface area contributed by atoms with E-state index in [0.29, 0.717) is 41.7 Å². The number of amides is 1. The molecule has 13 heteroatoms. The van der Waals surface area contributed by atoms with Gasteiger partial charge in [-0.05, 0) is 12.5 Å². The number of methoxy groups -OCH3 is 2. The summed E-state index contributed by atoms with van der Waals surface area (Å²) in [6.45, 7) is 3.92. The molecule has 0 spiro atoms. The highest BCUT2D eigenvalue weighted by Gasteiger charge is 2.31. The lowest BCUT2D eigenvalue weighted by atomic mass is 10.1. The summed E-state index contributed by atoms with van der Waals surface area (Å²) in [6.07, 6.45) is 6.94. The fraction of sp³-hybridized carbons (Fsp3) is 0.308. The van der Waals surface area contributed by atoms with E-state index in [1.807, 2.05) is 13.2 Å². The number of aryl methyl sites for hydroxylation is 1. The predicted octanol–water partition coefficient (Wildman–Crippen LogP) is 3.25. The van der Waals surface area contributed by atoms with Crippen molar-refractivity contribution in [2.45, 2.75) is 19.1 Å². The number of nitrogens with zero attached hydrogens (tertiary/aromatic N) is 6. The monoisotopic (exact) mass is 539 g/mol. The molecule has 1 aromatic carbocycles. The molecule has 4 aromatic rings. The van der Waals surface area contributed by atoms with Gasteiger partial charge in [0.1, 0.15) is 17.8 Å². The number of aromatic nitrogens is 5. The number of nitrogen functional groups attached to an aromatic ring is 1. The average Bonchev–Trinajstić information content (AvgIpc) is 3.68. The molecule has 1 aliphatic heterocycles. The van der Waals surface area contributed by atoms with Crippen LogP contribution >= 0.6 is 0 Å². The third kappa shape index (κ3) is 4.49. The summed E-state index contributed by atoms with van der Waals surface area (Å²) in [5.74, 6) is -2.27. The van der Waals surface area contributed by atoms with E-state index < -0.39 is 23.8 Å². The first-order valence-corrected chi connectivity index (χ1v) is 12.0. The van der Waals surface area contributed by atoms with Crippen LogP contribution in [0.1, 0.15) is 18.0 Å². The first kappa shape index (κ1) is 25.9. The summed E-state index contributed by atoms with van der Waals surface area (Å²) in [6, 6.07) is 0.888. The molecule has 0 saturated carbocycles. The second-order valence-electron chi connectivity index (χ2n) is 9.06. The molecule has 3 aromatic heterocycles. The molecule has 11 nitrogen and oxygen atoms in total. The van der Waals surface area contributed by atoms with Crippen LogP contribution in [0.3, 0.4) is 0 Å². The van der Waals surface area contributed by atoms with Gasteiger partial charge in [0, 0.05) is 44.2 Å². The van der Waals surface area contributed by atoms with Gasteiger partial charge in [-0.1, -0.05) is 6.58 Å². The van der Waals surface area contributed by atoms with Gasteiger partial charge in [0.15, 0.2) is 23.1 Å². The maximum Gasteiger partial charge on any atom is 0.246 e. The number of anilines is 1. The number of fused-ring (bicyclic) bond motifs is 1. The number of ether oxygens (including phenoxy) is 3. The van der Waals surface area contributed by atoms with Crippen LogP contribution in [0.5, 0.6) is 17.4 Å². The molecule has 39 heavy (non-hydrogen) atoms. The van der Waals surface area contributed by atoms with Crippen molar-refractivity contribution < 1.29 is 27.8 Å². The minimum absolute atomic E-state index is 0.0295. The normalized spacial score (nSPS) is 15.1. The third-order valence-corrected chi connectivity index (χ3v) is 6.72. The van der Waals surface area contributed by atoms with Gasteiger partial charge in [-0.2, -0.15) is 0 Å². The Morgan fingerprint density at radius 1 is 1.23 bits per heavy atom. The van der Waals surface area contributed by atoms with Gasteiger partial charge in [-0.15, -0.1) is 5.10 Å². The molecule has 4 heterocycles. The van der Waals surface area contributed by atoms with Crippen LogP contribution in [0.25, 0.3) is 22.2 Å². The van der Waals surface area contributed by atoms with Crippen molar-refractivity contribution >= 4 is 22.6 Å². The first-order chi connectivity index (χ1) is 18.8. The summed E-state index contributed by atoms with van der Waals surface area (Å²) in [5, 5.41) is 5.04. The summed E-state index contributed by atoms with van der Waals surface area (Å²) in [4.78, 5) is 22.7. The molecule has 0 aliphatic carbocycles. The van der Waals surface area contributed by atoms with Gasteiger partial charge in [0.2, 0.25) is 11.8 Å².